The van der Waals surface area contributed by atoms with Gasteiger partial charge in [0, 0.05) is 5.02 Å². The van der Waals surface area contributed by atoms with E-state index >= 15 is 0 Å². The quantitative estimate of drug-likeness (QED) is 0.785. The van der Waals surface area contributed by atoms with Gasteiger partial charge in [-0.1, -0.05) is 35.3 Å². The number of hydrogen-bond acceptors (Lipinski definition) is 2. The third-order valence-corrected chi connectivity index (χ3v) is 3.52. The number of methoxy groups -OCH3 is 1. The van der Waals surface area contributed by atoms with Crippen molar-refractivity contribution in [2.45, 2.75) is 0 Å². The summed E-state index contributed by atoms with van der Waals surface area (Å²) in [6.07, 6.45) is 0. The first-order valence-corrected chi connectivity index (χ1v) is 6.60. The van der Waals surface area contributed by atoms with Crippen LogP contribution in [0.15, 0.2) is 41.2 Å². The zero-order chi connectivity index (χ0) is 14.3. The molecular formula is C14H10Cl2N2O2. The second-order valence-electron chi connectivity index (χ2n) is 4.22. The Morgan fingerprint density at radius 2 is 1.95 bits per heavy atom. The third-order valence-electron chi connectivity index (χ3n) is 3.02. The summed E-state index contributed by atoms with van der Waals surface area (Å²) in [6, 6.07) is 10.6. The predicted octanol–water partition coefficient (Wildman–Crippen LogP) is 3.63. The first-order chi connectivity index (χ1) is 9.61. The number of nitrogens with one attached hydrogen (secondary N) is 1. The number of fused-ring (bicyclic) bond motifs is 1. The van der Waals surface area contributed by atoms with E-state index in [4.69, 9.17) is 27.9 Å². The normalized spacial score (nSPS) is 10.9. The monoisotopic (exact) mass is 308 g/mol. The zero-order valence-electron chi connectivity index (χ0n) is 10.5. The molecule has 3 rings (SSSR count). The minimum absolute atomic E-state index is 0.275. The van der Waals surface area contributed by atoms with Gasteiger partial charge in [0.05, 0.1) is 28.9 Å². The van der Waals surface area contributed by atoms with Crippen LogP contribution in [-0.2, 0) is 0 Å². The van der Waals surface area contributed by atoms with Crippen LogP contribution in [0.2, 0.25) is 10.0 Å². The van der Waals surface area contributed by atoms with Crippen molar-refractivity contribution in [3.63, 3.8) is 0 Å². The molecule has 2 aromatic carbocycles. The summed E-state index contributed by atoms with van der Waals surface area (Å²) < 4.78 is 6.79. The first kappa shape index (κ1) is 13.1. The highest BCUT2D eigenvalue weighted by Gasteiger charge is 2.16. The zero-order valence-corrected chi connectivity index (χ0v) is 12.0. The Hall–Kier alpha value is -1.91. The lowest BCUT2D eigenvalue weighted by Crippen LogP contribution is -2.15. The molecule has 0 aliphatic carbocycles. The van der Waals surface area contributed by atoms with Crippen LogP contribution < -0.4 is 10.4 Å². The van der Waals surface area contributed by atoms with Gasteiger partial charge in [0.1, 0.15) is 0 Å². The minimum atomic E-state index is -0.275. The van der Waals surface area contributed by atoms with Gasteiger partial charge in [-0.3, -0.25) is 4.57 Å². The molecule has 20 heavy (non-hydrogen) atoms. The van der Waals surface area contributed by atoms with Crippen molar-refractivity contribution in [3.05, 3.63) is 56.9 Å². The number of aromatic nitrogens is 2. The second kappa shape index (κ2) is 4.89. The second-order valence-corrected chi connectivity index (χ2v) is 5.07. The Bertz CT molecular complexity index is 852. The molecule has 6 heteroatoms. The van der Waals surface area contributed by atoms with Gasteiger partial charge in [0.25, 0.3) is 0 Å². The molecule has 0 aliphatic rings. The number of imidazole rings is 1. The molecule has 0 spiro atoms. The molecule has 0 fully saturated rings. The van der Waals surface area contributed by atoms with Crippen LogP contribution in [-0.4, -0.2) is 16.7 Å². The van der Waals surface area contributed by atoms with E-state index in [9.17, 15) is 4.79 Å². The maximum Gasteiger partial charge on any atom is 0.331 e. The Balaban J connectivity index is 2.42. The Morgan fingerprint density at radius 3 is 2.70 bits per heavy atom. The standard InChI is InChI=1S/C14H10Cl2N2O2/c1-20-13-9(16)6-8(15)7-12(13)18-11-5-3-2-4-10(11)17-14(18)19/h2-7H,1H3,(H,17,19). The van der Waals surface area contributed by atoms with Crippen molar-refractivity contribution in [2.75, 3.05) is 7.11 Å². The van der Waals surface area contributed by atoms with Gasteiger partial charge in [-0.05, 0) is 24.3 Å². The topological polar surface area (TPSA) is 47.0 Å². The number of H-pyrrole nitrogens is 1. The minimum Gasteiger partial charge on any atom is -0.493 e. The third kappa shape index (κ3) is 1.97. The summed E-state index contributed by atoms with van der Waals surface area (Å²) in [5, 5.41) is 0.787. The van der Waals surface area contributed by atoms with Gasteiger partial charge in [-0.15, -0.1) is 0 Å². The highest BCUT2D eigenvalue weighted by Crippen LogP contribution is 2.35. The van der Waals surface area contributed by atoms with Gasteiger partial charge in [-0.25, -0.2) is 4.79 Å². The number of ether oxygens (including phenoxy) is 1. The Kier molecular flexibility index (Phi) is 3.20. The van der Waals surface area contributed by atoms with E-state index in [0.29, 0.717) is 21.5 Å². The van der Waals surface area contributed by atoms with Gasteiger partial charge >= 0.3 is 5.69 Å². The lowest BCUT2D eigenvalue weighted by atomic mass is 10.2. The number of para-hydroxylation sites is 2. The highest BCUT2D eigenvalue weighted by molar-refractivity contribution is 6.36. The van der Waals surface area contributed by atoms with E-state index in [1.807, 2.05) is 24.3 Å². The molecule has 0 saturated heterocycles. The van der Waals surface area contributed by atoms with Crippen LogP contribution in [0.3, 0.4) is 0 Å². The molecule has 1 N–H and O–H groups in total. The molecule has 0 saturated carbocycles. The van der Waals surface area contributed by atoms with Crippen molar-refractivity contribution < 1.29 is 4.74 Å². The van der Waals surface area contributed by atoms with E-state index in [1.54, 1.807) is 12.1 Å². The summed E-state index contributed by atoms with van der Waals surface area (Å²) in [5.74, 6) is 0.405. The molecule has 0 unspecified atom stereocenters. The van der Waals surface area contributed by atoms with Crippen LogP contribution >= 0.6 is 23.2 Å². The van der Waals surface area contributed by atoms with E-state index < -0.39 is 0 Å². The molecule has 102 valence electrons. The van der Waals surface area contributed by atoms with Gasteiger partial charge in [0.2, 0.25) is 0 Å². The van der Waals surface area contributed by atoms with E-state index in [2.05, 4.69) is 4.98 Å². The van der Waals surface area contributed by atoms with E-state index in [-0.39, 0.29) is 5.69 Å². The Labute approximate surface area is 124 Å². The fourth-order valence-electron chi connectivity index (χ4n) is 2.21. The fraction of sp³-hybridized carbons (Fsp3) is 0.0714. The molecule has 3 aromatic rings. The average molecular weight is 309 g/mol. The molecule has 0 amide bonds. The van der Waals surface area contributed by atoms with E-state index in [0.717, 1.165) is 11.0 Å². The van der Waals surface area contributed by atoms with Gasteiger partial charge < -0.3 is 9.72 Å². The van der Waals surface area contributed by atoms with Crippen molar-refractivity contribution in [1.82, 2.24) is 9.55 Å². The summed E-state index contributed by atoms with van der Waals surface area (Å²) in [5.41, 5.74) is 1.69. The lowest BCUT2D eigenvalue weighted by Gasteiger charge is -2.11. The SMILES string of the molecule is COc1c(Cl)cc(Cl)cc1-n1c(=O)[nH]c2ccccc21. The Morgan fingerprint density at radius 1 is 1.20 bits per heavy atom. The maximum atomic E-state index is 12.2. The maximum absolute atomic E-state index is 12.2. The van der Waals surface area contributed by atoms with E-state index in [1.165, 1.54) is 11.7 Å². The van der Waals surface area contributed by atoms with Crippen LogP contribution in [0.4, 0.5) is 0 Å². The molecule has 4 nitrogen and oxygen atoms in total. The number of aromatic amines is 1. The molecule has 0 aliphatic heterocycles. The molecular weight excluding hydrogens is 299 g/mol. The first-order valence-electron chi connectivity index (χ1n) is 5.85. The van der Waals surface area contributed by atoms with Gasteiger partial charge in [-0.2, -0.15) is 0 Å². The largest absolute Gasteiger partial charge is 0.493 e. The molecule has 0 radical (unpaired) electrons. The van der Waals surface area contributed by atoms with Crippen LogP contribution in [0.25, 0.3) is 16.7 Å². The predicted molar refractivity (Wildman–Crippen MR) is 80.5 cm³/mol. The lowest BCUT2D eigenvalue weighted by molar-refractivity contribution is 0.413. The summed E-state index contributed by atoms with van der Waals surface area (Å²) >= 11 is 12.2. The van der Waals surface area contributed by atoms with Crippen molar-refractivity contribution >= 4 is 34.2 Å². The number of hydrogen-bond donors (Lipinski definition) is 1. The highest BCUT2D eigenvalue weighted by atomic mass is 35.5. The summed E-state index contributed by atoms with van der Waals surface area (Å²) in [4.78, 5) is 15.0. The van der Waals surface area contributed by atoms with Gasteiger partial charge in [0.15, 0.2) is 5.75 Å². The summed E-state index contributed by atoms with van der Waals surface area (Å²) in [6.45, 7) is 0. The molecule has 1 aromatic heterocycles. The number of benzene rings is 2. The molecule has 0 atom stereocenters. The van der Waals surface area contributed by atoms with Crippen molar-refractivity contribution in [2.24, 2.45) is 0 Å². The number of nitrogens with zero attached hydrogens (tertiary/aromatic N) is 1. The van der Waals surface area contributed by atoms with Crippen LogP contribution in [0.5, 0.6) is 5.75 Å². The average Bonchev–Trinajstić information content (AvgIpc) is 2.73. The fourth-order valence-corrected chi connectivity index (χ4v) is 2.77. The van der Waals surface area contributed by atoms with Crippen LogP contribution in [0.1, 0.15) is 0 Å². The van der Waals surface area contributed by atoms with Crippen molar-refractivity contribution in [3.8, 4) is 11.4 Å². The van der Waals surface area contributed by atoms with Crippen LogP contribution in [0, 0.1) is 0 Å². The van der Waals surface area contributed by atoms with Crippen molar-refractivity contribution in [1.29, 1.82) is 0 Å². The molecule has 0 bridgehead atoms. The summed E-state index contributed by atoms with van der Waals surface area (Å²) in [7, 11) is 1.50. The number of rotatable bonds is 2. The molecule has 1 heterocycles. The smallest absolute Gasteiger partial charge is 0.331 e. The number of halogens is 2.